The van der Waals surface area contributed by atoms with Gasteiger partial charge in [-0.1, -0.05) is 44.0 Å². The fraction of sp³-hybridized carbons (Fsp3) is 0.571. The molecule has 1 aromatic rings. The first kappa shape index (κ1) is 13.5. The van der Waals surface area contributed by atoms with E-state index >= 15 is 0 Å². The summed E-state index contributed by atoms with van der Waals surface area (Å²) in [4.78, 5) is 0. The molecule has 1 nitrogen and oxygen atoms in total. The topological polar surface area (TPSA) is 12.0 Å². The van der Waals surface area contributed by atoms with Crippen LogP contribution in [0.15, 0.2) is 24.3 Å². The third kappa shape index (κ3) is 4.15. The molecule has 2 atom stereocenters. The second kappa shape index (κ2) is 6.93. The summed E-state index contributed by atoms with van der Waals surface area (Å²) in [6.07, 6.45) is 3.67. The summed E-state index contributed by atoms with van der Waals surface area (Å²) >= 11 is 5.88. The van der Waals surface area contributed by atoms with E-state index in [9.17, 15) is 0 Å². The van der Waals surface area contributed by atoms with Crippen molar-refractivity contribution in [3.63, 3.8) is 0 Å². The van der Waals surface area contributed by atoms with E-state index in [1.807, 2.05) is 12.1 Å². The van der Waals surface area contributed by atoms with Gasteiger partial charge in [-0.15, -0.1) is 0 Å². The van der Waals surface area contributed by atoms with Crippen LogP contribution in [0.25, 0.3) is 0 Å². The number of hydrogen-bond donors (Lipinski definition) is 1. The average Bonchev–Trinajstić information content (AvgIpc) is 2.29. The van der Waals surface area contributed by atoms with E-state index in [-0.39, 0.29) is 0 Å². The molecule has 0 saturated heterocycles. The summed E-state index contributed by atoms with van der Waals surface area (Å²) in [7, 11) is 0. The monoisotopic (exact) mass is 239 g/mol. The highest BCUT2D eigenvalue weighted by atomic mass is 35.5. The molecular weight excluding hydrogens is 218 g/mol. The van der Waals surface area contributed by atoms with E-state index in [4.69, 9.17) is 11.6 Å². The molecule has 0 heterocycles. The summed E-state index contributed by atoms with van der Waals surface area (Å²) < 4.78 is 0. The predicted octanol–water partition coefficient (Wildman–Crippen LogP) is 4.57. The smallest absolute Gasteiger partial charge is 0.0406 e. The van der Waals surface area contributed by atoms with Crippen LogP contribution in [0.2, 0.25) is 5.02 Å². The Hall–Kier alpha value is -0.530. The lowest BCUT2D eigenvalue weighted by atomic mass is 10.0. The van der Waals surface area contributed by atoms with Crippen LogP contribution < -0.4 is 5.32 Å². The largest absolute Gasteiger partial charge is 0.307 e. The molecule has 1 rings (SSSR count). The van der Waals surface area contributed by atoms with Crippen molar-refractivity contribution in [2.45, 2.75) is 52.1 Å². The summed E-state index contributed by atoms with van der Waals surface area (Å²) in [6, 6.07) is 9.12. The van der Waals surface area contributed by atoms with Crippen molar-refractivity contribution in [2.24, 2.45) is 0 Å². The summed E-state index contributed by atoms with van der Waals surface area (Å²) in [5.74, 6) is 0. The second-order valence-corrected chi connectivity index (χ2v) is 4.77. The number of nitrogens with one attached hydrogen (secondary N) is 1. The zero-order valence-electron chi connectivity index (χ0n) is 10.5. The molecule has 90 valence electrons. The van der Waals surface area contributed by atoms with E-state index < -0.39 is 0 Å². The van der Waals surface area contributed by atoms with Crippen molar-refractivity contribution in [3.8, 4) is 0 Å². The van der Waals surface area contributed by atoms with Gasteiger partial charge in [0, 0.05) is 17.1 Å². The molecule has 0 fully saturated rings. The van der Waals surface area contributed by atoms with Crippen LogP contribution in [0, 0.1) is 0 Å². The van der Waals surface area contributed by atoms with Gasteiger partial charge < -0.3 is 5.32 Å². The van der Waals surface area contributed by atoms with Crippen molar-refractivity contribution in [3.05, 3.63) is 34.9 Å². The van der Waals surface area contributed by atoms with Gasteiger partial charge in [0.15, 0.2) is 0 Å². The van der Waals surface area contributed by atoms with E-state index in [2.05, 4.69) is 38.2 Å². The van der Waals surface area contributed by atoms with Gasteiger partial charge in [-0.25, -0.2) is 0 Å². The van der Waals surface area contributed by atoms with Crippen molar-refractivity contribution < 1.29 is 0 Å². The molecule has 1 N–H and O–H groups in total. The molecule has 0 aliphatic heterocycles. The Bertz CT molecular complexity index is 294. The third-order valence-corrected chi connectivity index (χ3v) is 3.24. The molecule has 16 heavy (non-hydrogen) atoms. The molecule has 0 spiro atoms. The van der Waals surface area contributed by atoms with Crippen molar-refractivity contribution in [1.29, 1.82) is 0 Å². The number of hydrogen-bond acceptors (Lipinski definition) is 1. The van der Waals surface area contributed by atoms with Gasteiger partial charge >= 0.3 is 0 Å². The van der Waals surface area contributed by atoms with Crippen LogP contribution in [0.4, 0.5) is 0 Å². The van der Waals surface area contributed by atoms with Crippen LogP contribution in [-0.4, -0.2) is 6.04 Å². The quantitative estimate of drug-likeness (QED) is 0.767. The molecule has 0 saturated carbocycles. The average molecular weight is 240 g/mol. The fourth-order valence-corrected chi connectivity index (χ4v) is 2.08. The maximum atomic E-state index is 5.88. The maximum Gasteiger partial charge on any atom is 0.0406 e. The Morgan fingerprint density at radius 3 is 2.31 bits per heavy atom. The number of rotatable bonds is 6. The van der Waals surface area contributed by atoms with Crippen LogP contribution in [-0.2, 0) is 0 Å². The lowest BCUT2D eigenvalue weighted by molar-refractivity contribution is 0.417. The standard InChI is InChI=1S/C14H22ClN/c1-4-6-14(5-2)16-11(3)12-7-9-13(15)10-8-12/h7-11,14,16H,4-6H2,1-3H3/t11-,14?/m0/s1. The third-order valence-electron chi connectivity index (χ3n) is 2.99. The van der Waals surface area contributed by atoms with Gasteiger partial charge in [0.25, 0.3) is 0 Å². The highest BCUT2D eigenvalue weighted by Gasteiger charge is 2.10. The van der Waals surface area contributed by atoms with E-state index in [0.29, 0.717) is 12.1 Å². The van der Waals surface area contributed by atoms with Gasteiger partial charge in [-0.2, -0.15) is 0 Å². The van der Waals surface area contributed by atoms with Crippen molar-refractivity contribution in [2.75, 3.05) is 0 Å². The number of halogens is 1. The summed E-state index contributed by atoms with van der Waals surface area (Å²) in [5, 5.41) is 4.46. The molecular formula is C14H22ClN. The van der Waals surface area contributed by atoms with E-state index in [1.54, 1.807) is 0 Å². The molecule has 0 aliphatic carbocycles. The lowest BCUT2D eigenvalue weighted by Crippen LogP contribution is -2.30. The molecule has 1 aromatic carbocycles. The maximum absolute atomic E-state index is 5.88. The normalized spacial score (nSPS) is 14.8. The Kier molecular flexibility index (Phi) is 5.86. The Balaban J connectivity index is 2.56. The molecule has 0 bridgehead atoms. The molecule has 1 unspecified atom stereocenters. The van der Waals surface area contributed by atoms with Crippen molar-refractivity contribution in [1.82, 2.24) is 5.32 Å². The van der Waals surface area contributed by atoms with Gasteiger partial charge in [-0.05, 0) is 37.5 Å². The minimum absolute atomic E-state index is 0.397. The molecule has 0 radical (unpaired) electrons. The molecule has 0 aromatic heterocycles. The molecule has 0 amide bonds. The summed E-state index contributed by atoms with van der Waals surface area (Å²) in [6.45, 7) is 6.68. The predicted molar refractivity (Wildman–Crippen MR) is 72.0 cm³/mol. The zero-order valence-corrected chi connectivity index (χ0v) is 11.2. The molecule has 2 heteroatoms. The van der Waals surface area contributed by atoms with Crippen LogP contribution >= 0.6 is 11.6 Å². The highest BCUT2D eigenvalue weighted by molar-refractivity contribution is 6.30. The second-order valence-electron chi connectivity index (χ2n) is 4.33. The first-order chi connectivity index (χ1) is 7.67. The van der Waals surface area contributed by atoms with Gasteiger partial charge in [0.2, 0.25) is 0 Å². The minimum atomic E-state index is 0.397. The SMILES string of the molecule is CCCC(CC)N[C@@H](C)c1ccc(Cl)cc1. The minimum Gasteiger partial charge on any atom is -0.307 e. The molecule has 0 aliphatic rings. The van der Waals surface area contributed by atoms with Gasteiger partial charge in [0.1, 0.15) is 0 Å². The van der Waals surface area contributed by atoms with Crippen LogP contribution in [0.1, 0.15) is 51.6 Å². The van der Waals surface area contributed by atoms with Crippen LogP contribution in [0.3, 0.4) is 0 Å². The van der Waals surface area contributed by atoms with E-state index in [1.165, 1.54) is 24.8 Å². The fourth-order valence-electron chi connectivity index (χ4n) is 1.96. The Morgan fingerprint density at radius 1 is 1.19 bits per heavy atom. The first-order valence-electron chi connectivity index (χ1n) is 6.18. The zero-order chi connectivity index (χ0) is 12.0. The van der Waals surface area contributed by atoms with Gasteiger partial charge in [-0.3, -0.25) is 0 Å². The van der Waals surface area contributed by atoms with Crippen molar-refractivity contribution >= 4 is 11.6 Å². The Morgan fingerprint density at radius 2 is 1.81 bits per heavy atom. The summed E-state index contributed by atoms with van der Waals surface area (Å²) in [5.41, 5.74) is 1.30. The number of benzene rings is 1. The highest BCUT2D eigenvalue weighted by Crippen LogP contribution is 2.17. The first-order valence-corrected chi connectivity index (χ1v) is 6.56. The Labute approximate surface area is 104 Å². The van der Waals surface area contributed by atoms with Gasteiger partial charge in [0.05, 0.1) is 0 Å². The van der Waals surface area contributed by atoms with Crippen LogP contribution in [0.5, 0.6) is 0 Å². The lowest BCUT2D eigenvalue weighted by Gasteiger charge is -2.22. The van der Waals surface area contributed by atoms with E-state index in [0.717, 1.165) is 5.02 Å².